The summed E-state index contributed by atoms with van der Waals surface area (Å²) >= 11 is 1.85. The van der Waals surface area contributed by atoms with Crippen molar-refractivity contribution in [2.75, 3.05) is 18.9 Å². The first-order chi connectivity index (χ1) is 8.06. The van der Waals surface area contributed by atoms with Crippen LogP contribution in [0.25, 0.3) is 0 Å². The summed E-state index contributed by atoms with van der Waals surface area (Å²) in [5, 5.41) is 4.63. The maximum absolute atomic E-state index is 5.50. The van der Waals surface area contributed by atoms with Crippen molar-refractivity contribution in [1.29, 1.82) is 0 Å². The molecule has 0 aromatic carbocycles. The Labute approximate surface area is 110 Å². The van der Waals surface area contributed by atoms with E-state index < -0.39 is 0 Å². The SMILES string of the molecule is CCC1(C)CSC(=NCCCCOC(C)C)N1. The fourth-order valence-corrected chi connectivity index (χ4v) is 2.78. The van der Waals surface area contributed by atoms with Gasteiger partial charge in [0.05, 0.1) is 6.10 Å². The second-order valence-corrected chi connectivity index (χ2v) is 6.11. The first-order valence-corrected chi connectivity index (χ1v) is 7.61. The third kappa shape index (κ3) is 5.77. The Hall–Kier alpha value is -0.220. The largest absolute Gasteiger partial charge is 0.379 e. The third-order valence-electron chi connectivity index (χ3n) is 2.98. The maximum Gasteiger partial charge on any atom is 0.157 e. The Balaban J connectivity index is 2.10. The summed E-state index contributed by atoms with van der Waals surface area (Å²) in [6, 6.07) is 0. The van der Waals surface area contributed by atoms with Crippen LogP contribution in [0.1, 0.15) is 47.0 Å². The Morgan fingerprint density at radius 1 is 1.47 bits per heavy atom. The second-order valence-electron chi connectivity index (χ2n) is 5.14. The molecule has 4 heteroatoms. The summed E-state index contributed by atoms with van der Waals surface area (Å²) in [5.41, 5.74) is 0.254. The highest BCUT2D eigenvalue weighted by Gasteiger charge is 2.30. The summed E-state index contributed by atoms with van der Waals surface area (Å²) in [7, 11) is 0. The van der Waals surface area contributed by atoms with E-state index >= 15 is 0 Å². The lowest BCUT2D eigenvalue weighted by molar-refractivity contribution is 0.0764. The van der Waals surface area contributed by atoms with Crippen LogP contribution >= 0.6 is 11.8 Å². The van der Waals surface area contributed by atoms with Gasteiger partial charge in [-0.1, -0.05) is 18.7 Å². The summed E-state index contributed by atoms with van der Waals surface area (Å²) in [6.45, 7) is 10.4. The van der Waals surface area contributed by atoms with Crippen molar-refractivity contribution >= 4 is 16.9 Å². The van der Waals surface area contributed by atoms with E-state index in [0.29, 0.717) is 6.10 Å². The molecule has 1 unspecified atom stereocenters. The zero-order chi connectivity index (χ0) is 12.7. The number of unbranched alkanes of at least 4 members (excludes halogenated alkanes) is 1. The van der Waals surface area contributed by atoms with Gasteiger partial charge in [-0.2, -0.15) is 0 Å². The van der Waals surface area contributed by atoms with Crippen LogP contribution in [0.3, 0.4) is 0 Å². The lowest BCUT2D eigenvalue weighted by atomic mass is 10.0. The van der Waals surface area contributed by atoms with E-state index in [1.54, 1.807) is 0 Å². The van der Waals surface area contributed by atoms with E-state index in [0.717, 1.165) is 43.3 Å². The molecule has 0 aromatic rings. The normalized spacial score (nSPS) is 26.8. The molecule has 0 spiro atoms. The maximum atomic E-state index is 5.50. The molecule has 3 nitrogen and oxygen atoms in total. The first-order valence-electron chi connectivity index (χ1n) is 6.63. The Morgan fingerprint density at radius 3 is 2.82 bits per heavy atom. The van der Waals surface area contributed by atoms with Crippen molar-refractivity contribution in [3.8, 4) is 0 Å². The van der Waals surface area contributed by atoms with Gasteiger partial charge in [0.25, 0.3) is 0 Å². The number of hydrogen-bond donors (Lipinski definition) is 1. The number of nitrogens with one attached hydrogen (secondary N) is 1. The van der Waals surface area contributed by atoms with E-state index in [4.69, 9.17) is 4.74 Å². The lowest BCUT2D eigenvalue weighted by Gasteiger charge is -2.20. The predicted molar refractivity (Wildman–Crippen MR) is 76.9 cm³/mol. The Kier molecular flexibility index (Phi) is 6.34. The van der Waals surface area contributed by atoms with Gasteiger partial charge in [-0.25, -0.2) is 0 Å². The minimum Gasteiger partial charge on any atom is -0.379 e. The monoisotopic (exact) mass is 258 g/mol. The number of aliphatic imine (C=N–C) groups is 1. The number of ether oxygens (including phenoxy) is 1. The second kappa shape index (κ2) is 7.27. The van der Waals surface area contributed by atoms with Crippen LogP contribution in [0.15, 0.2) is 4.99 Å². The molecule has 1 aliphatic rings. The van der Waals surface area contributed by atoms with E-state index in [1.165, 1.54) is 0 Å². The summed E-state index contributed by atoms with van der Waals surface area (Å²) in [4.78, 5) is 4.60. The van der Waals surface area contributed by atoms with Gasteiger partial charge in [0, 0.05) is 24.4 Å². The summed E-state index contributed by atoms with van der Waals surface area (Å²) < 4.78 is 5.50. The number of hydrogen-bond acceptors (Lipinski definition) is 3. The van der Waals surface area contributed by atoms with Crippen LogP contribution in [-0.4, -0.2) is 35.7 Å². The van der Waals surface area contributed by atoms with Gasteiger partial charge in [-0.15, -0.1) is 0 Å². The van der Waals surface area contributed by atoms with Crippen LogP contribution in [0, 0.1) is 0 Å². The molecule has 0 amide bonds. The average Bonchev–Trinajstić information content (AvgIpc) is 2.66. The fraction of sp³-hybridized carbons (Fsp3) is 0.923. The Bertz CT molecular complexity index is 256. The van der Waals surface area contributed by atoms with E-state index in [9.17, 15) is 0 Å². The van der Waals surface area contributed by atoms with Crippen molar-refractivity contribution < 1.29 is 4.74 Å². The molecule has 1 atom stereocenters. The highest BCUT2D eigenvalue weighted by atomic mass is 32.2. The molecular weight excluding hydrogens is 232 g/mol. The van der Waals surface area contributed by atoms with Crippen molar-refractivity contribution in [2.24, 2.45) is 4.99 Å². The quantitative estimate of drug-likeness (QED) is 0.713. The molecule has 1 fully saturated rings. The van der Waals surface area contributed by atoms with Gasteiger partial charge in [0.15, 0.2) is 5.17 Å². The van der Waals surface area contributed by atoms with Crippen LogP contribution in [0.2, 0.25) is 0 Å². The van der Waals surface area contributed by atoms with Crippen LogP contribution < -0.4 is 5.32 Å². The lowest BCUT2D eigenvalue weighted by Crippen LogP contribution is -2.39. The molecule has 0 aliphatic carbocycles. The predicted octanol–water partition coefficient (Wildman–Crippen LogP) is 3.05. The molecule has 0 radical (unpaired) electrons. The minimum atomic E-state index is 0.254. The van der Waals surface area contributed by atoms with Crippen molar-refractivity contribution in [3.05, 3.63) is 0 Å². The number of rotatable bonds is 7. The molecule has 1 N–H and O–H groups in total. The van der Waals surface area contributed by atoms with E-state index in [1.807, 2.05) is 11.8 Å². The molecule has 0 bridgehead atoms. The van der Waals surface area contributed by atoms with Crippen molar-refractivity contribution in [2.45, 2.75) is 58.6 Å². The molecule has 0 aromatic heterocycles. The number of thioether (sulfide) groups is 1. The zero-order valence-corrected chi connectivity index (χ0v) is 12.4. The minimum absolute atomic E-state index is 0.254. The smallest absolute Gasteiger partial charge is 0.157 e. The Morgan fingerprint density at radius 2 is 2.24 bits per heavy atom. The average molecular weight is 258 g/mol. The van der Waals surface area contributed by atoms with E-state index in [2.05, 4.69) is 38.0 Å². The summed E-state index contributed by atoms with van der Waals surface area (Å²) in [5.74, 6) is 1.14. The zero-order valence-electron chi connectivity index (χ0n) is 11.6. The third-order valence-corrected chi connectivity index (χ3v) is 4.26. The fourth-order valence-electron chi connectivity index (χ4n) is 1.55. The van der Waals surface area contributed by atoms with Gasteiger partial charge < -0.3 is 10.1 Å². The molecule has 1 rings (SSSR count). The van der Waals surface area contributed by atoms with Crippen molar-refractivity contribution in [3.63, 3.8) is 0 Å². The molecule has 1 saturated heterocycles. The molecular formula is C13H26N2OS. The number of amidine groups is 1. The molecule has 100 valence electrons. The van der Waals surface area contributed by atoms with E-state index in [-0.39, 0.29) is 5.54 Å². The van der Waals surface area contributed by atoms with Gasteiger partial charge in [-0.05, 0) is 40.0 Å². The summed E-state index contributed by atoms with van der Waals surface area (Å²) in [6.07, 6.45) is 3.71. The standard InChI is InChI=1S/C13H26N2OS/c1-5-13(4)10-17-12(15-13)14-8-6-7-9-16-11(2)3/h11H,5-10H2,1-4H3,(H,14,15). The number of nitrogens with zero attached hydrogens (tertiary/aromatic N) is 1. The highest BCUT2D eigenvalue weighted by molar-refractivity contribution is 8.14. The topological polar surface area (TPSA) is 33.6 Å². The molecule has 1 aliphatic heterocycles. The van der Waals surface area contributed by atoms with Gasteiger partial charge in [0.1, 0.15) is 0 Å². The van der Waals surface area contributed by atoms with Crippen LogP contribution in [0.5, 0.6) is 0 Å². The van der Waals surface area contributed by atoms with Gasteiger partial charge in [0.2, 0.25) is 0 Å². The first kappa shape index (κ1) is 14.8. The molecule has 17 heavy (non-hydrogen) atoms. The van der Waals surface area contributed by atoms with Crippen LogP contribution in [0.4, 0.5) is 0 Å². The van der Waals surface area contributed by atoms with Crippen molar-refractivity contribution in [1.82, 2.24) is 5.32 Å². The highest BCUT2D eigenvalue weighted by Crippen LogP contribution is 2.25. The van der Waals surface area contributed by atoms with Crippen LogP contribution in [-0.2, 0) is 4.74 Å². The van der Waals surface area contributed by atoms with Gasteiger partial charge >= 0.3 is 0 Å². The molecule has 0 saturated carbocycles. The molecule has 1 heterocycles. The van der Waals surface area contributed by atoms with Gasteiger partial charge in [-0.3, -0.25) is 4.99 Å².